The van der Waals surface area contributed by atoms with Crippen molar-refractivity contribution < 1.29 is 27.4 Å². The molecule has 0 bridgehead atoms. The van der Waals surface area contributed by atoms with Crippen LogP contribution in [0.4, 0.5) is 23.8 Å². The van der Waals surface area contributed by atoms with Gasteiger partial charge in [0.2, 0.25) is 0 Å². The van der Waals surface area contributed by atoms with Gasteiger partial charge in [0.25, 0.3) is 0 Å². The van der Waals surface area contributed by atoms with Gasteiger partial charge in [0.15, 0.2) is 0 Å². The first-order valence-corrected chi connectivity index (χ1v) is 12.0. The molecule has 6 nitrogen and oxygen atoms in total. The zero-order chi connectivity index (χ0) is 25.3. The molecule has 0 spiro atoms. The lowest BCUT2D eigenvalue weighted by Gasteiger charge is -2.36. The van der Waals surface area contributed by atoms with E-state index in [0.717, 1.165) is 48.5 Å². The van der Waals surface area contributed by atoms with Crippen molar-refractivity contribution >= 4 is 11.9 Å². The molecule has 1 aromatic carbocycles. The summed E-state index contributed by atoms with van der Waals surface area (Å²) in [7, 11) is 0. The van der Waals surface area contributed by atoms with Gasteiger partial charge in [-0.25, -0.2) is 9.78 Å². The zero-order valence-corrected chi connectivity index (χ0v) is 20.6. The third kappa shape index (κ3) is 5.39. The number of cyclic esters (lactones) is 1. The maximum Gasteiger partial charge on any atom is 0.416 e. The third-order valence-electron chi connectivity index (χ3n) is 6.81. The van der Waals surface area contributed by atoms with Gasteiger partial charge < -0.3 is 14.4 Å². The van der Waals surface area contributed by atoms with Crippen LogP contribution in [-0.4, -0.2) is 47.8 Å². The van der Waals surface area contributed by atoms with Crippen molar-refractivity contribution in [2.75, 3.05) is 24.7 Å². The lowest BCUT2D eigenvalue weighted by Crippen LogP contribution is -2.41. The highest BCUT2D eigenvalue weighted by Gasteiger charge is 2.41. The van der Waals surface area contributed by atoms with Gasteiger partial charge in [-0.15, -0.1) is 0 Å². The number of aromatic nitrogens is 1. The monoisotopic (exact) mass is 491 g/mol. The van der Waals surface area contributed by atoms with Gasteiger partial charge in [-0.2, -0.15) is 13.2 Å². The molecule has 1 amide bonds. The minimum Gasteiger partial charge on any atom is -0.439 e. The molecule has 0 unspecified atom stereocenters. The van der Waals surface area contributed by atoms with Gasteiger partial charge in [0.1, 0.15) is 11.9 Å². The van der Waals surface area contributed by atoms with E-state index in [1.165, 1.54) is 0 Å². The highest BCUT2D eigenvalue weighted by atomic mass is 19.4. The summed E-state index contributed by atoms with van der Waals surface area (Å²) < 4.78 is 51.3. The van der Waals surface area contributed by atoms with E-state index in [1.807, 2.05) is 26.1 Å². The molecule has 0 N–H and O–H groups in total. The Labute approximate surface area is 204 Å². The Hall–Kier alpha value is -2.81. The Bertz CT molecular complexity index is 1070. The number of rotatable bonds is 6. The average molecular weight is 492 g/mol. The van der Waals surface area contributed by atoms with Crippen molar-refractivity contribution in [2.24, 2.45) is 0 Å². The van der Waals surface area contributed by atoms with Crippen molar-refractivity contribution in [3.8, 4) is 0 Å². The fourth-order valence-corrected chi connectivity index (χ4v) is 5.06. The van der Waals surface area contributed by atoms with Crippen LogP contribution in [0.3, 0.4) is 0 Å². The van der Waals surface area contributed by atoms with E-state index in [0.29, 0.717) is 30.4 Å². The molecule has 35 heavy (non-hydrogen) atoms. The summed E-state index contributed by atoms with van der Waals surface area (Å²) in [5.74, 6) is 0.823. The van der Waals surface area contributed by atoms with E-state index in [4.69, 9.17) is 14.5 Å². The number of anilines is 1. The fraction of sp³-hybridized carbons (Fsp3) is 0.538. The summed E-state index contributed by atoms with van der Waals surface area (Å²) in [6, 6.07) is 5.70. The van der Waals surface area contributed by atoms with E-state index in [9.17, 15) is 18.0 Å². The summed E-state index contributed by atoms with van der Waals surface area (Å²) in [6.45, 7) is 9.89. The van der Waals surface area contributed by atoms with Crippen LogP contribution in [-0.2, 0) is 22.2 Å². The van der Waals surface area contributed by atoms with Crippen molar-refractivity contribution in [1.29, 1.82) is 0 Å². The van der Waals surface area contributed by atoms with E-state index in [1.54, 1.807) is 17.9 Å². The van der Waals surface area contributed by atoms with Crippen LogP contribution < -0.4 is 4.90 Å². The molecule has 2 saturated heterocycles. The summed E-state index contributed by atoms with van der Waals surface area (Å²) in [6.07, 6.45) is -2.17. The SMILES string of the molecule is CCN(c1ncc(C)cc1CN1C(=O)O[C@H](c2cc(C)cc(C(F)(F)F)c2)[C@@H]1C)C1CCOCC1. The minimum absolute atomic E-state index is 0.262. The second-order valence-corrected chi connectivity index (χ2v) is 9.43. The number of aryl methyl sites for hydroxylation is 2. The van der Waals surface area contributed by atoms with Gasteiger partial charge in [0.05, 0.1) is 18.2 Å². The van der Waals surface area contributed by atoms with Gasteiger partial charge in [-0.05, 0) is 69.9 Å². The molecule has 9 heteroatoms. The number of carbonyl (C=O) groups excluding carboxylic acids is 1. The molecule has 190 valence electrons. The third-order valence-corrected chi connectivity index (χ3v) is 6.81. The van der Waals surface area contributed by atoms with Gasteiger partial charge >= 0.3 is 12.3 Å². The lowest BCUT2D eigenvalue weighted by molar-refractivity contribution is -0.137. The predicted octanol–water partition coefficient (Wildman–Crippen LogP) is 5.80. The van der Waals surface area contributed by atoms with Crippen molar-refractivity contribution in [3.63, 3.8) is 0 Å². The molecule has 3 heterocycles. The Morgan fingerprint density at radius 2 is 1.83 bits per heavy atom. The zero-order valence-electron chi connectivity index (χ0n) is 20.6. The highest BCUT2D eigenvalue weighted by molar-refractivity contribution is 5.71. The molecular weight excluding hydrogens is 459 g/mol. The molecule has 0 radical (unpaired) electrons. The summed E-state index contributed by atoms with van der Waals surface area (Å²) >= 11 is 0. The first-order chi connectivity index (χ1) is 16.6. The van der Waals surface area contributed by atoms with Crippen LogP contribution in [0, 0.1) is 13.8 Å². The molecule has 2 atom stereocenters. The predicted molar refractivity (Wildman–Crippen MR) is 126 cm³/mol. The van der Waals surface area contributed by atoms with Crippen LogP contribution in [0.25, 0.3) is 0 Å². The molecule has 2 fully saturated rings. The van der Waals surface area contributed by atoms with Crippen LogP contribution in [0.1, 0.15) is 60.6 Å². The smallest absolute Gasteiger partial charge is 0.416 e. The van der Waals surface area contributed by atoms with Crippen molar-refractivity contribution in [3.05, 3.63) is 58.3 Å². The van der Waals surface area contributed by atoms with Crippen LogP contribution in [0.5, 0.6) is 0 Å². The number of alkyl halides is 3. The molecule has 0 saturated carbocycles. The van der Waals surface area contributed by atoms with Gasteiger partial charge in [-0.1, -0.05) is 11.6 Å². The van der Waals surface area contributed by atoms with E-state index in [-0.39, 0.29) is 6.54 Å². The Morgan fingerprint density at radius 1 is 1.11 bits per heavy atom. The average Bonchev–Trinajstić information content (AvgIpc) is 3.09. The molecule has 2 aliphatic heterocycles. The van der Waals surface area contributed by atoms with Crippen LogP contribution >= 0.6 is 0 Å². The molecule has 2 aromatic rings. The molecule has 1 aromatic heterocycles. The number of carbonyl (C=O) groups is 1. The van der Waals surface area contributed by atoms with E-state index < -0.39 is 30.0 Å². The summed E-state index contributed by atoms with van der Waals surface area (Å²) in [4.78, 5) is 21.5. The number of nitrogens with zero attached hydrogens (tertiary/aromatic N) is 3. The minimum atomic E-state index is -4.47. The maximum atomic E-state index is 13.4. The number of amides is 1. The van der Waals surface area contributed by atoms with Crippen molar-refractivity contribution in [1.82, 2.24) is 9.88 Å². The Balaban J connectivity index is 1.61. The topological polar surface area (TPSA) is 54.9 Å². The largest absolute Gasteiger partial charge is 0.439 e. The Kier molecular flexibility index (Phi) is 7.26. The first kappa shape index (κ1) is 25.3. The number of pyridine rings is 1. The summed E-state index contributed by atoms with van der Waals surface area (Å²) in [5.41, 5.74) is 1.94. The second-order valence-electron chi connectivity index (χ2n) is 9.43. The summed E-state index contributed by atoms with van der Waals surface area (Å²) in [5, 5.41) is 0. The maximum absolute atomic E-state index is 13.4. The quantitative estimate of drug-likeness (QED) is 0.511. The molecule has 2 aliphatic rings. The van der Waals surface area contributed by atoms with E-state index >= 15 is 0 Å². The molecule has 0 aliphatic carbocycles. The molecular formula is C26H32F3N3O3. The number of hydrogen-bond acceptors (Lipinski definition) is 5. The van der Waals surface area contributed by atoms with E-state index in [2.05, 4.69) is 11.8 Å². The van der Waals surface area contributed by atoms with Gasteiger partial charge in [-0.3, -0.25) is 4.90 Å². The van der Waals surface area contributed by atoms with Crippen LogP contribution in [0.2, 0.25) is 0 Å². The Morgan fingerprint density at radius 3 is 2.49 bits per heavy atom. The van der Waals surface area contributed by atoms with Gasteiger partial charge in [0, 0.05) is 37.6 Å². The normalized spacial score (nSPS) is 21.3. The number of hydrogen-bond donors (Lipinski definition) is 0. The molecule has 4 rings (SSSR count). The number of halogens is 3. The second kappa shape index (κ2) is 10.0. The fourth-order valence-electron chi connectivity index (χ4n) is 5.06. The van der Waals surface area contributed by atoms with Crippen molar-refractivity contribution in [2.45, 2.75) is 71.4 Å². The highest BCUT2D eigenvalue weighted by Crippen LogP contribution is 2.38. The number of ether oxygens (including phenoxy) is 2. The van der Waals surface area contributed by atoms with Crippen LogP contribution in [0.15, 0.2) is 30.5 Å². The lowest BCUT2D eigenvalue weighted by atomic mass is 9.98. The standard InChI is InChI=1S/C26H32F3N3O3/c1-5-31(22-6-8-34-9-7-22)24-20(11-17(3)14-30-24)15-32-18(4)23(35-25(32)33)19-10-16(2)12-21(13-19)26(27,28)29/h10-14,18,22-23H,5-9,15H2,1-4H3/t18-,23-/m0/s1. The first-order valence-electron chi connectivity index (χ1n) is 12.0. The number of benzene rings is 1.